The summed E-state index contributed by atoms with van der Waals surface area (Å²) in [5.41, 5.74) is 0.499. The molecule has 17 heavy (non-hydrogen) atoms. The molecule has 1 atom stereocenters. The molecule has 0 fully saturated rings. The van der Waals surface area contributed by atoms with E-state index in [-0.39, 0.29) is 17.8 Å². The number of hydrogen-bond donors (Lipinski definition) is 1. The third-order valence-electron chi connectivity index (χ3n) is 2.19. The third-order valence-corrected chi connectivity index (χ3v) is 2.19. The zero-order chi connectivity index (χ0) is 13.1. The van der Waals surface area contributed by atoms with E-state index in [4.69, 9.17) is 0 Å². The number of halogens is 3. The van der Waals surface area contributed by atoms with Crippen LogP contribution in [-0.2, 0) is 0 Å². The summed E-state index contributed by atoms with van der Waals surface area (Å²) < 4.78 is 40.6. The molecule has 0 saturated carbocycles. The summed E-state index contributed by atoms with van der Waals surface area (Å²) in [6, 6.07) is 6.14. The van der Waals surface area contributed by atoms with Crippen LogP contribution < -0.4 is 10.1 Å². The van der Waals surface area contributed by atoms with Gasteiger partial charge in [-0.2, -0.15) is 0 Å². The Hall–Kier alpha value is -1.23. The van der Waals surface area contributed by atoms with Gasteiger partial charge in [-0.25, -0.2) is 0 Å². The average molecular weight is 247 g/mol. The van der Waals surface area contributed by atoms with Crippen molar-refractivity contribution in [3.05, 3.63) is 29.8 Å². The number of hydrogen-bond acceptors (Lipinski definition) is 2. The van der Waals surface area contributed by atoms with E-state index in [2.05, 4.69) is 10.1 Å². The van der Waals surface area contributed by atoms with Crippen LogP contribution in [0.3, 0.4) is 0 Å². The molecule has 1 rings (SSSR count). The zero-order valence-electron chi connectivity index (χ0n) is 10.0. The Bertz CT molecular complexity index is 363. The second-order valence-electron chi connectivity index (χ2n) is 4.13. The highest BCUT2D eigenvalue weighted by Crippen LogP contribution is 2.30. The van der Waals surface area contributed by atoms with E-state index in [1.54, 1.807) is 19.1 Å². The SMILES string of the molecule is CC(C)NC(C)c1ccccc1OC(F)(F)F. The van der Waals surface area contributed by atoms with Crippen molar-refractivity contribution in [2.45, 2.75) is 39.2 Å². The number of benzene rings is 1. The van der Waals surface area contributed by atoms with E-state index >= 15 is 0 Å². The van der Waals surface area contributed by atoms with Gasteiger partial charge >= 0.3 is 6.36 Å². The largest absolute Gasteiger partial charge is 0.573 e. The summed E-state index contributed by atoms with van der Waals surface area (Å²) in [5.74, 6) is -0.152. The van der Waals surface area contributed by atoms with Gasteiger partial charge in [-0.15, -0.1) is 13.2 Å². The summed E-state index contributed by atoms with van der Waals surface area (Å²) in [6.07, 6.45) is -4.66. The monoisotopic (exact) mass is 247 g/mol. The Labute approximate surface area is 98.8 Å². The van der Waals surface area contributed by atoms with Crippen molar-refractivity contribution in [2.24, 2.45) is 0 Å². The molecule has 5 heteroatoms. The topological polar surface area (TPSA) is 21.3 Å². The lowest BCUT2D eigenvalue weighted by Gasteiger charge is -2.20. The van der Waals surface area contributed by atoms with Crippen LogP contribution in [0.15, 0.2) is 24.3 Å². The molecule has 1 N–H and O–H groups in total. The molecule has 0 aliphatic carbocycles. The first-order valence-electron chi connectivity index (χ1n) is 5.40. The number of para-hydroxylation sites is 1. The van der Waals surface area contributed by atoms with Gasteiger partial charge in [0, 0.05) is 17.6 Å². The minimum atomic E-state index is -4.66. The maximum absolute atomic E-state index is 12.2. The Morgan fingerprint density at radius 2 is 1.71 bits per heavy atom. The molecule has 0 heterocycles. The van der Waals surface area contributed by atoms with E-state index in [1.807, 2.05) is 13.8 Å². The van der Waals surface area contributed by atoms with E-state index in [0.29, 0.717) is 5.56 Å². The molecule has 0 amide bonds. The summed E-state index contributed by atoms with van der Waals surface area (Å²) in [4.78, 5) is 0. The minimum absolute atomic E-state index is 0.152. The summed E-state index contributed by atoms with van der Waals surface area (Å²) in [6.45, 7) is 5.67. The van der Waals surface area contributed by atoms with E-state index in [1.165, 1.54) is 12.1 Å². The lowest BCUT2D eigenvalue weighted by atomic mass is 10.1. The Morgan fingerprint density at radius 1 is 1.12 bits per heavy atom. The van der Waals surface area contributed by atoms with E-state index in [9.17, 15) is 13.2 Å². The highest BCUT2D eigenvalue weighted by molar-refractivity contribution is 5.35. The first kappa shape index (κ1) is 13.8. The van der Waals surface area contributed by atoms with Gasteiger partial charge < -0.3 is 10.1 Å². The Morgan fingerprint density at radius 3 is 2.24 bits per heavy atom. The quantitative estimate of drug-likeness (QED) is 0.877. The van der Waals surface area contributed by atoms with Crippen molar-refractivity contribution in [1.29, 1.82) is 0 Å². The molecule has 2 nitrogen and oxygen atoms in total. The molecule has 0 radical (unpaired) electrons. The molecule has 0 saturated heterocycles. The molecule has 1 aromatic carbocycles. The van der Waals surface area contributed by atoms with Crippen molar-refractivity contribution >= 4 is 0 Å². The van der Waals surface area contributed by atoms with Crippen molar-refractivity contribution in [3.8, 4) is 5.75 Å². The summed E-state index contributed by atoms with van der Waals surface area (Å²) >= 11 is 0. The number of nitrogens with one attached hydrogen (secondary N) is 1. The second kappa shape index (κ2) is 5.40. The fraction of sp³-hybridized carbons (Fsp3) is 0.500. The highest BCUT2D eigenvalue weighted by Gasteiger charge is 2.32. The molecule has 1 aromatic rings. The van der Waals surface area contributed by atoms with Crippen LogP contribution in [0.2, 0.25) is 0 Å². The van der Waals surface area contributed by atoms with Crippen LogP contribution in [0, 0.1) is 0 Å². The molecule has 96 valence electrons. The van der Waals surface area contributed by atoms with Crippen LogP contribution >= 0.6 is 0 Å². The highest BCUT2D eigenvalue weighted by atomic mass is 19.4. The van der Waals surface area contributed by atoms with Gasteiger partial charge in [-0.3, -0.25) is 0 Å². The first-order valence-corrected chi connectivity index (χ1v) is 5.40. The molecule has 0 bridgehead atoms. The van der Waals surface area contributed by atoms with Gasteiger partial charge in [0.2, 0.25) is 0 Å². The molecular weight excluding hydrogens is 231 g/mol. The number of rotatable bonds is 4. The molecule has 0 spiro atoms. The standard InChI is InChI=1S/C12H16F3NO/c1-8(2)16-9(3)10-6-4-5-7-11(10)17-12(13,14)15/h4-9,16H,1-3H3. The third kappa shape index (κ3) is 4.65. The van der Waals surface area contributed by atoms with Gasteiger partial charge in [0.1, 0.15) is 5.75 Å². The normalized spacial score (nSPS) is 13.8. The summed E-state index contributed by atoms with van der Waals surface area (Å²) in [5, 5.41) is 3.14. The number of ether oxygens (including phenoxy) is 1. The van der Waals surface area contributed by atoms with Crippen LogP contribution in [0.5, 0.6) is 5.75 Å². The van der Waals surface area contributed by atoms with E-state index < -0.39 is 6.36 Å². The molecule has 0 aromatic heterocycles. The molecule has 0 aliphatic heterocycles. The Balaban J connectivity index is 2.91. The lowest BCUT2D eigenvalue weighted by molar-refractivity contribution is -0.275. The van der Waals surface area contributed by atoms with Gasteiger partial charge in [0.25, 0.3) is 0 Å². The van der Waals surface area contributed by atoms with Gasteiger partial charge in [0.05, 0.1) is 0 Å². The van der Waals surface area contributed by atoms with Crippen molar-refractivity contribution in [3.63, 3.8) is 0 Å². The molecule has 1 unspecified atom stereocenters. The van der Waals surface area contributed by atoms with Crippen LogP contribution in [0.4, 0.5) is 13.2 Å². The Kier molecular flexibility index (Phi) is 4.40. The summed E-state index contributed by atoms with van der Waals surface area (Å²) in [7, 11) is 0. The lowest BCUT2D eigenvalue weighted by Crippen LogP contribution is -2.27. The molecular formula is C12H16F3NO. The van der Waals surface area contributed by atoms with Crippen molar-refractivity contribution < 1.29 is 17.9 Å². The molecule has 0 aliphatic rings. The maximum atomic E-state index is 12.2. The van der Waals surface area contributed by atoms with Gasteiger partial charge in [-0.1, -0.05) is 32.0 Å². The smallest absolute Gasteiger partial charge is 0.405 e. The van der Waals surface area contributed by atoms with Gasteiger partial charge in [0.15, 0.2) is 0 Å². The van der Waals surface area contributed by atoms with Crippen molar-refractivity contribution in [1.82, 2.24) is 5.32 Å². The second-order valence-corrected chi connectivity index (χ2v) is 4.13. The van der Waals surface area contributed by atoms with Gasteiger partial charge in [-0.05, 0) is 13.0 Å². The first-order chi connectivity index (χ1) is 7.79. The fourth-order valence-corrected chi connectivity index (χ4v) is 1.65. The van der Waals surface area contributed by atoms with Crippen LogP contribution in [0.1, 0.15) is 32.4 Å². The minimum Gasteiger partial charge on any atom is -0.405 e. The van der Waals surface area contributed by atoms with E-state index in [0.717, 1.165) is 0 Å². The predicted molar refractivity (Wildman–Crippen MR) is 59.8 cm³/mol. The predicted octanol–water partition coefficient (Wildman–Crippen LogP) is 3.64. The fourth-order valence-electron chi connectivity index (χ4n) is 1.65. The zero-order valence-corrected chi connectivity index (χ0v) is 10.0. The average Bonchev–Trinajstić information content (AvgIpc) is 2.14. The maximum Gasteiger partial charge on any atom is 0.573 e. The van der Waals surface area contributed by atoms with Crippen LogP contribution in [0.25, 0.3) is 0 Å². The van der Waals surface area contributed by atoms with Crippen LogP contribution in [-0.4, -0.2) is 12.4 Å². The van der Waals surface area contributed by atoms with Crippen molar-refractivity contribution in [2.75, 3.05) is 0 Å². The number of alkyl halides is 3.